The van der Waals surface area contributed by atoms with E-state index in [-0.39, 0.29) is 18.2 Å². The predicted octanol–water partition coefficient (Wildman–Crippen LogP) is 6.23. The molecule has 0 aliphatic rings. The third-order valence-electron chi connectivity index (χ3n) is 6.25. The summed E-state index contributed by atoms with van der Waals surface area (Å²) in [4.78, 5) is 20.0. The quantitative estimate of drug-likeness (QED) is 0.219. The molecule has 8 nitrogen and oxygen atoms in total. The summed E-state index contributed by atoms with van der Waals surface area (Å²) in [5.41, 5.74) is 4.07. The van der Waals surface area contributed by atoms with Crippen molar-refractivity contribution in [2.75, 3.05) is 18.4 Å². The zero-order chi connectivity index (χ0) is 29.1. The normalized spacial score (nSPS) is 11.3. The van der Waals surface area contributed by atoms with E-state index in [1.54, 1.807) is 25.3 Å². The number of carbonyl (C=O) groups excluding carboxylic acids is 1. The fourth-order valence-electron chi connectivity index (χ4n) is 4.32. The maximum Gasteiger partial charge on any atom is 0.338 e. The topological polar surface area (TPSA) is 107 Å². The molecule has 0 aliphatic carbocycles. The summed E-state index contributed by atoms with van der Waals surface area (Å²) >= 11 is 0. The van der Waals surface area contributed by atoms with Gasteiger partial charge in [0, 0.05) is 29.4 Å². The van der Waals surface area contributed by atoms with Crippen LogP contribution < -0.4 is 9.46 Å². The van der Waals surface area contributed by atoms with Crippen LogP contribution in [-0.4, -0.2) is 38.1 Å². The average molecular weight is 576 g/mol. The number of anilines is 1. The lowest BCUT2D eigenvalue weighted by atomic mass is 9.97. The maximum atomic E-state index is 14.3. The van der Waals surface area contributed by atoms with Gasteiger partial charge in [-0.1, -0.05) is 18.2 Å². The van der Waals surface area contributed by atoms with Crippen molar-refractivity contribution >= 4 is 32.6 Å². The molecule has 0 fully saturated rings. The van der Waals surface area contributed by atoms with Crippen LogP contribution in [0.5, 0.6) is 5.88 Å². The van der Waals surface area contributed by atoms with Gasteiger partial charge in [-0.25, -0.2) is 27.0 Å². The van der Waals surface area contributed by atoms with Crippen molar-refractivity contribution in [3.63, 3.8) is 0 Å². The fourth-order valence-corrected chi connectivity index (χ4v) is 5.43. The molecule has 0 saturated heterocycles. The summed E-state index contributed by atoms with van der Waals surface area (Å²) in [5, 5.41) is 0.806. The number of rotatable bonds is 8. The van der Waals surface area contributed by atoms with Gasteiger partial charge in [0.25, 0.3) is 10.0 Å². The Labute approximate surface area is 234 Å². The van der Waals surface area contributed by atoms with E-state index in [1.807, 2.05) is 36.4 Å². The number of carbonyl (C=O) groups is 1. The Morgan fingerprint density at radius 2 is 1.66 bits per heavy atom. The van der Waals surface area contributed by atoms with Gasteiger partial charge >= 0.3 is 5.97 Å². The molecule has 41 heavy (non-hydrogen) atoms. The number of nitrogens with one attached hydrogen (secondary N) is 1. The number of nitrogens with zero attached hydrogens (tertiary/aromatic N) is 2. The third-order valence-corrected chi connectivity index (χ3v) is 7.65. The molecule has 0 bridgehead atoms. The molecule has 0 saturated carbocycles. The lowest BCUT2D eigenvalue weighted by molar-refractivity contribution is 0.0526. The average Bonchev–Trinajstić information content (AvgIpc) is 2.96. The van der Waals surface area contributed by atoms with Crippen LogP contribution in [0.3, 0.4) is 0 Å². The molecule has 11 heteroatoms. The van der Waals surface area contributed by atoms with Crippen LogP contribution >= 0.6 is 0 Å². The second-order valence-electron chi connectivity index (χ2n) is 8.85. The van der Waals surface area contributed by atoms with Crippen LogP contribution in [-0.2, 0) is 14.8 Å². The molecule has 5 aromatic rings. The number of ether oxygens (including phenoxy) is 2. The van der Waals surface area contributed by atoms with Gasteiger partial charge in [-0.15, -0.1) is 0 Å². The minimum absolute atomic E-state index is 0.0326. The number of pyridine rings is 2. The molecule has 0 unspecified atom stereocenters. The molecule has 0 aliphatic heterocycles. The van der Waals surface area contributed by atoms with Gasteiger partial charge in [0.1, 0.15) is 22.2 Å². The number of benzene rings is 3. The molecule has 0 amide bonds. The highest BCUT2D eigenvalue weighted by Crippen LogP contribution is 2.34. The van der Waals surface area contributed by atoms with Crippen LogP contribution in [0.2, 0.25) is 0 Å². The first-order valence-electron chi connectivity index (χ1n) is 12.4. The summed E-state index contributed by atoms with van der Waals surface area (Å²) in [6.45, 7) is 2.03. The predicted molar refractivity (Wildman–Crippen MR) is 150 cm³/mol. The molecule has 1 N–H and O–H groups in total. The molecule has 0 radical (unpaired) electrons. The first-order chi connectivity index (χ1) is 19.7. The van der Waals surface area contributed by atoms with E-state index in [1.165, 1.54) is 19.4 Å². The maximum absolute atomic E-state index is 14.3. The second kappa shape index (κ2) is 11.3. The molecular formula is C30H23F2N3O5S. The molecule has 3 aromatic carbocycles. The van der Waals surface area contributed by atoms with E-state index >= 15 is 0 Å². The summed E-state index contributed by atoms with van der Waals surface area (Å²) < 4.78 is 66.0. The molecule has 0 spiro atoms. The zero-order valence-corrected chi connectivity index (χ0v) is 22.7. The Bertz CT molecular complexity index is 1880. The number of hydrogen-bond donors (Lipinski definition) is 1. The third kappa shape index (κ3) is 5.71. The Morgan fingerprint density at radius 1 is 0.902 bits per heavy atom. The van der Waals surface area contributed by atoms with Gasteiger partial charge in [0.2, 0.25) is 5.88 Å². The highest BCUT2D eigenvalue weighted by atomic mass is 32.2. The number of fused-ring (bicyclic) bond motifs is 1. The molecule has 208 valence electrons. The van der Waals surface area contributed by atoms with Gasteiger partial charge in [0.15, 0.2) is 0 Å². The van der Waals surface area contributed by atoms with Crippen LogP contribution in [0.4, 0.5) is 14.5 Å². The van der Waals surface area contributed by atoms with Gasteiger partial charge < -0.3 is 9.47 Å². The number of methoxy groups -OCH3 is 1. The lowest BCUT2D eigenvalue weighted by Crippen LogP contribution is -2.15. The monoisotopic (exact) mass is 575 g/mol. The Hall–Kier alpha value is -4.90. The highest BCUT2D eigenvalue weighted by molar-refractivity contribution is 7.92. The number of sulfonamides is 1. The molecular weight excluding hydrogens is 552 g/mol. The smallest absolute Gasteiger partial charge is 0.338 e. The molecule has 0 atom stereocenters. The largest absolute Gasteiger partial charge is 0.480 e. The number of hydrogen-bond acceptors (Lipinski definition) is 7. The van der Waals surface area contributed by atoms with Crippen LogP contribution in [0.25, 0.3) is 33.2 Å². The summed E-state index contributed by atoms with van der Waals surface area (Å²) in [6.07, 6.45) is 3.20. The minimum Gasteiger partial charge on any atom is -0.480 e. The van der Waals surface area contributed by atoms with Gasteiger partial charge in [-0.05, 0) is 72.1 Å². The van der Waals surface area contributed by atoms with Crippen LogP contribution in [0.1, 0.15) is 17.3 Å². The van der Waals surface area contributed by atoms with Crippen molar-refractivity contribution in [1.82, 2.24) is 9.97 Å². The Balaban J connectivity index is 1.53. The fraction of sp³-hybridized carbons (Fsp3) is 0.100. The Kier molecular flexibility index (Phi) is 7.62. The van der Waals surface area contributed by atoms with Crippen LogP contribution in [0.15, 0.2) is 90.1 Å². The van der Waals surface area contributed by atoms with E-state index in [2.05, 4.69) is 14.7 Å². The standard InChI is InChI=1S/C30H23F2N3O5S/c1-3-40-30(36)19-6-4-18(5-7-19)23-12-13-33-26-10-8-20(14-24(23)26)21-15-27(29(39-2)34-17-21)35-41(37,38)28-11-9-22(31)16-25(28)32/h4-17,35H,3H2,1-2H3. The van der Waals surface area contributed by atoms with Gasteiger partial charge in [0.05, 0.1) is 24.8 Å². The van der Waals surface area contributed by atoms with E-state index in [0.29, 0.717) is 22.8 Å². The van der Waals surface area contributed by atoms with E-state index < -0.39 is 32.5 Å². The first kappa shape index (κ1) is 27.7. The van der Waals surface area contributed by atoms with Crippen molar-refractivity contribution in [2.24, 2.45) is 0 Å². The molecule has 2 aromatic heterocycles. The molecule has 2 heterocycles. The van der Waals surface area contributed by atoms with E-state index in [4.69, 9.17) is 9.47 Å². The number of esters is 1. The van der Waals surface area contributed by atoms with Crippen molar-refractivity contribution in [2.45, 2.75) is 11.8 Å². The summed E-state index contributed by atoms with van der Waals surface area (Å²) in [6, 6.07) is 18.1. The number of halogens is 2. The van der Waals surface area contributed by atoms with Crippen molar-refractivity contribution < 1.29 is 31.5 Å². The SMILES string of the molecule is CCOC(=O)c1ccc(-c2ccnc3ccc(-c4cnc(OC)c(NS(=O)(=O)c5ccc(F)cc5F)c4)cc23)cc1. The van der Waals surface area contributed by atoms with Crippen molar-refractivity contribution in [3.05, 3.63) is 102 Å². The summed E-state index contributed by atoms with van der Waals surface area (Å²) in [7, 11) is -3.12. The lowest BCUT2D eigenvalue weighted by Gasteiger charge is -2.14. The summed E-state index contributed by atoms with van der Waals surface area (Å²) in [5.74, 6) is -2.57. The number of aromatic nitrogens is 2. The first-order valence-corrected chi connectivity index (χ1v) is 13.9. The van der Waals surface area contributed by atoms with Crippen LogP contribution in [0, 0.1) is 11.6 Å². The minimum atomic E-state index is -4.44. The molecule has 5 rings (SSSR count). The van der Waals surface area contributed by atoms with E-state index in [9.17, 15) is 22.0 Å². The van der Waals surface area contributed by atoms with Gasteiger partial charge in [-0.2, -0.15) is 0 Å². The zero-order valence-electron chi connectivity index (χ0n) is 21.9. The van der Waals surface area contributed by atoms with Crippen molar-refractivity contribution in [3.8, 4) is 28.1 Å². The van der Waals surface area contributed by atoms with Gasteiger partial charge in [-0.3, -0.25) is 9.71 Å². The van der Waals surface area contributed by atoms with E-state index in [0.717, 1.165) is 34.2 Å². The van der Waals surface area contributed by atoms with Crippen molar-refractivity contribution in [1.29, 1.82) is 0 Å². The highest BCUT2D eigenvalue weighted by Gasteiger charge is 2.22. The second-order valence-corrected chi connectivity index (χ2v) is 10.5. The Morgan fingerprint density at radius 3 is 2.37 bits per heavy atom.